The summed E-state index contributed by atoms with van der Waals surface area (Å²) in [4.78, 5) is 20.8. The predicted molar refractivity (Wildman–Crippen MR) is 93.5 cm³/mol. The van der Waals surface area contributed by atoms with E-state index in [1.54, 1.807) is 12.1 Å². The van der Waals surface area contributed by atoms with Crippen LogP contribution in [0.15, 0.2) is 52.3 Å². The molecule has 0 amide bonds. The van der Waals surface area contributed by atoms with Gasteiger partial charge in [-0.2, -0.15) is 0 Å². The summed E-state index contributed by atoms with van der Waals surface area (Å²) in [5.41, 5.74) is -0.610. The van der Waals surface area contributed by atoms with E-state index < -0.39 is 17.7 Å². The van der Waals surface area contributed by atoms with E-state index in [4.69, 9.17) is 5.11 Å². The van der Waals surface area contributed by atoms with Gasteiger partial charge in [0.1, 0.15) is 6.29 Å². The molecule has 8 heteroatoms. The van der Waals surface area contributed by atoms with Crippen LogP contribution in [-0.4, -0.2) is 34.2 Å². The molecule has 0 fully saturated rings. The van der Waals surface area contributed by atoms with Crippen LogP contribution in [0.5, 0.6) is 0 Å². The van der Waals surface area contributed by atoms with Crippen molar-refractivity contribution in [3.63, 3.8) is 0 Å². The van der Waals surface area contributed by atoms with Crippen molar-refractivity contribution in [1.82, 2.24) is 0 Å². The number of carboxylic acids is 1. The van der Waals surface area contributed by atoms with E-state index in [0.29, 0.717) is 15.7 Å². The number of rotatable bonds is 4. The quantitative estimate of drug-likeness (QED) is 0.595. The van der Waals surface area contributed by atoms with Crippen LogP contribution < -0.4 is 4.35 Å². The topological polar surface area (TPSA) is 54.4 Å². The van der Waals surface area contributed by atoms with Crippen molar-refractivity contribution in [3.8, 4) is 0 Å². The number of carbonyl (C=O) groups is 2. The first kappa shape index (κ1) is 21.3. The van der Waals surface area contributed by atoms with Gasteiger partial charge in [-0.15, -0.1) is 0 Å². The standard InChI is InChI=1S/C14H10AsF3O2S.C3H6O/c15-11-6-5-8(7-9(11)13(19)20)21-12-4-2-1-3-10(12)14(16,17)18;1-2-3-4/h1-7H,15H2,(H,19,20);3H,2H2,1H3. The second-order valence-corrected chi connectivity index (χ2v) is 7.15. The van der Waals surface area contributed by atoms with Crippen LogP contribution in [0.25, 0.3) is 0 Å². The zero-order valence-corrected chi connectivity index (χ0v) is 16.4. The molecule has 25 heavy (non-hydrogen) atoms. The van der Waals surface area contributed by atoms with Crippen molar-refractivity contribution in [1.29, 1.82) is 0 Å². The number of hydrogen-bond acceptors (Lipinski definition) is 3. The molecule has 0 aliphatic heterocycles. The van der Waals surface area contributed by atoms with Gasteiger partial charge in [0.15, 0.2) is 0 Å². The molecule has 0 aliphatic carbocycles. The Bertz CT molecular complexity index is 748. The van der Waals surface area contributed by atoms with Gasteiger partial charge >= 0.3 is 132 Å². The number of alkyl halides is 3. The normalized spacial score (nSPS) is 10.6. The molecular formula is C17H16AsF3O3S. The molecule has 134 valence electrons. The summed E-state index contributed by atoms with van der Waals surface area (Å²) >= 11 is 2.06. The van der Waals surface area contributed by atoms with Gasteiger partial charge in [-0.25, -0.2) is 0 Å². The Kier molecular flexibility index (Phi) is 8.26. The maximum atomic E-state index is 12.9. The first-order valence-corrected chi connectivity index (χ1v) is 9.14. The summed E-state index contributed by atoms with van der Waals surface area (Å²) in [6, 6.07) is 9.87. The summed E-state index contributed by atoms with van der Waals surface area (Å²) in [6.45, 7) is 1.81. The van der Waals surface area contributed by atoms with Gasteiger partial charge in [0, 0.05) is 6.42 Å². The van der Waals surface area contributed by atoms with Gasteiger partial charge in [-0.1, -0.05) is 6.92 Å². The third-order valence-electron chi connectivity index (χ3n) is 2.84. The fourth-order valence-electron chi connectivity index (χ4n) is 1.70. The summed E-state index contributed by atoms with van der Waals surface area (Å²) in [7, 11) is 0. The van der Waals surface area contributed by atoms with Gasteiger partial charge in [0.25, 0.3) is 0 Å². The van der Waals surface area contributed by atoms with Crippen LogP contribution in [-0.2, 0) is 11.0 Å². The van der Waals surface area contributed by atoms with Crippen molar-refractivity contribution in [3.05, 3.63) is 53.6 Å². The molecule has 2 rings (SSSR count). The SMILES string of the molecule is CCC=O.O=C(O)c1cc(Sc2ccccc2C(F)(F)F)ccc1[AsH2]. The molecule has 1 unspecified atom stereocenters. The summed E-state index contributed by atoms with van der Waals surface area (Å²) < 4.78 is 39.4. The molecule has 0 bridgehead atoms. The number of aldehydes is 1. The zero-order valence-electron chi connectivity index (χ0n) is 13.2. The molecule has 0 saturated heterocycles. The van der Waals surface area contributed by atoms with Crippen molar-refractivity contribution >= 4 is 45.2 Å². The molecule has 0 heterocycles. The van der Waals surface area contributed by atoms with Crippen molar-refractivity contribution in [2.75, 3.05) is 0 Å². The fraction of sp³-hybridized carbons (Fsp3) is 0.176. The van der Waals surface area contributed by atoms with Gasteiger partial charge < -0.3 is 4.79 Å². The minimum atomic E-state index is -4.44. The number of halogens is 3. The predicted octanol–water partition coefficient (Wildman–Crippen LogP) is 3.41. The molecule has 2 aromatic carbocycles. The summed E-state index contributed by atoms with van der Waals surface area (Å²) in [5.74, 6) is -1.08. The van der Waals surface area contributed by atoms with E-state index in [9.17, 15) is 22.8 Å². The molecule has 1 atom stereocenters. The average Bonchev–Trinajstić information content (AvgIpc) is 2.56. The molecule has 2 aromatic rings. The monoisotopic (exact) mass is 432 g/mol. The van der Waals surface area contributed by atoms with E-state index in [0.717, 1.165) is 41.0 Å². The van der Waals surface area contributed by atoms with Crippen molar-refractivity contribution < 1.29 is 27.9 Å². The molecule has 0 saturated carbocycles. The van der Waals surface area contributed by atoms with Crippen LogP contribution >= 0.6 is 11.8 Å². The van der Waals surface area contributed by atoms with Crippen molar-refractivity contribution in [2.45, 2.75) is 29.3 Å². The fourth-order valence-corrected chi connectivity index (χ4v) is 3.34. The minimum absolute atomic E-state index is 0.0516. The molecule has 0 aromatic heterocycles. The van der Waals surface area contributed by atoms with Gasteiger partial charge in [0.2, 0.25) is 0 Å². The second kappa shape index (κ2) is 9.68. The number of carbonyl (C=O) groups excluding carboxylic acids is 1. The van der Waals surface area contributed by atoms with Crippen LogP contribution in [0, 0.1) is 0 Å². The number of aromatic carboxylic acids is 1. The molecule has 0 spiro atoms. The van der Waals surface area contributed by atoms with Gasteiger partial charge in [-0.05, 0) is 0 Å². The van der Waals surface area contributed by atoms with E-state index in [1.807, 2.05) is 6.92 Å². The zero-order chi connectivity index (χ0) is 19.0. The first-order chi connectivity index (χ1) is 11.7. The number of hydrogen-bond donors (Lipinski definition) is 1. The van der Waals surface area contributed by atoms with E-state index >= 15 is 0 Å². The first-order valence-electron chi connectivity index (χ1n) is 7.11. The Labute approximate surface area is 156 Å². The Morgan fingerprint density at radius 3 is 2.36 bits per heavy atom. The summed E-state index contributed by atoms with van der Waals surface area (Å²) in [6.07, 6.45) is -2.92. The van der Waals surface area contributed by atoms with Gasteiger partial charge in [0.05, 0.1) is 0 Å². The third-order valence-corrected chi connectivity index (χ3v) is 4.96. The Morgan fingerprint density at radius 2 is 1.84 bits per heavy atom. The Morgan fingerprint density at radius 1 is 1.24 bits per heavy atom. The Hall–Kier alpha value is -1.72. The molecule has 1 N–H and O–H groups in total. The van der Waals surface area contributed by atoms with Crippen molar-refractivity contribution in [2.24, 2.45) is 0 Å². The van der Waals surface area contributed by atoms with Gasteiger partial charge in [-0.3, -0.25) is 0 Å². The molecule has 3 nitrogen and oxygen atoms in total. The van der Waals surface area contributed by atoms with Crippen LogP contribution in [0.2, 0.25) is 0 Å². The third kappa shape index (κ3) is 6.59. The number of carboxylic acid groups (broad SMARTS) is 1. The molecule has 0 radical (unpaired) electrons. The van der Waals surface area contributed by atoms with Crippen LogP contribution in [0.4, 0.5) is 13.2 Å². The van der Waals surface area contributed by atoms with E-state index in [1.165, 1.54) is 24.3 Å². The van der Waals surface area contributed by atoms with E-state index in [-0.39, 0.29) is 10.5 Å². The second-order valence-electron chi connectivity index (χ2n) is 4.73. The summed E-state index contributed by atoms with van der Waals surface area (Å²) in [5, 5.41) is 9.06. The number of benzene rings is 2. The van der Waals surface area contributed by atoms with E-state index in [2.05, 4.69) is 0 Å². The molecular weight excluding hydrogens is 416 g/mol. The van der Waals surface area contributed by atoms with Crippen LogP contribution in [0.3, 0.4) is 0 Å². The molecule has 0 aliphatic rings. The maximum absolute atomic E-state index is 12.9. The average molecular weight is 432 g/mol. The Balaban J connectivity index is 0.000000705. The van der Waals surface area contributed by atoms with Crippen LogP contribution in [0.1, 0.15) is 29.3 Å².